The molecule has 0 aromatic rings. The fraction of sp³-hybridized carbons (Fsp3) is 0.938. The monoisotopic (exact) mass is 316 g/mol. The molecule has 0 N–H and O–H groups in total. The Hall–Kier alpha value is -0.260. The second kappa shape index (κ2) is 9.70. The number of nitrogens with zero attached hydrogens (tertiary/aromatic N) is 2. The van der Waals surface area contributed by atoms with Crippen LogP contribution >= 0.6 is 12.6 Å². The zero-order chi connectivity index (χ0) is 15.8. The van der Waals surface area contributed by atoms with E-state index in [-0.39, 0.29) is 17.3 Å². The maximum absolute atomic E-state index is 11.8. The summed E-state index contributed by atoms with van der Waals surface area (Å²) in [6, 6.07) is 0. The van der Waals surface area contributed by atoms with Crippen LogP contribution < -0.4 is 0 Å². The largest absolute Gasteiger partial charge is 0.375 e. The molecule has 1 aliphatic rings. The van der Waals surface area contributed by atoms with Crippen LogP contribution in [0.4, 0.5) is 0 Å². The lowest BCUT2D eigenvalue weighted by Gasteiger charge is -2.34. The fourth-order valence-electron chi connectivity index (χ4n) is 2.65. The van der Waals surface area contributed by atoms with Gasteiger partial charge in [0.1, 0.15) is 0 Å². The Morgan fingerprint density at radius 2 is 2.14 bits per heavy atom. The lowest BCUT2D eigenvalue weighted by molar-refractivity contribution is -0.129. The van der Waals surface area contributed by atoms with Gasteiger partial charge in [0, 0.05) is 26.7 Å². The predicted octanol–water partition coefficient (Wildman–Crippen LogP) is 2.29. The van der Waals surface area contributed by atoms with E-state index >= 15 is 0 Å². The van der Waals surface area contributed by atoms with E-state index in [9.17, 15) is 4.79 Å². The van der Waals surface area contributed by atoms with Crippen LogP contribution in [0.15, 0.2) is 0 Å². The number of carbonyl (C=O) groups excluding carboxylic acids is 1. The Morgan fingerprint density at radius 3 is 2.76 bits per heavy atom. The zero-order valence-corrected chi connectivity index (χ0v) is 14.9. The molecule has 0 radical (unpaired) electrons. The number of amides is 1. The Kier molecular flexibility index (Phi) is 8.67. The highest BCUT2D eigenvalue weighted by Crippen LogP contribution is 2.12. The highest BCUT2D eigenvalue weighted by atomic mass is 32.1. The van der Waals surface area contributed by atoms with Crippen molar-refractivity contribution < 1.29 is 9.53 Å². The van der Waals surface area contributed by atoms with Crippen LogP contribution in [0.1, 0.15) is 40.0 Å². The van der Waals surface area contributed by atoms with Crippen molar-refractivity contribution >= 4 is 18.5 Å². The average Bonchev–Trinajstić information content (AvgIpc) is 2.44. The molecule has 0 spiro atoms. The quantitative estimate of drug-likeness (QED) is 0.698. The lowest BCUT2D eigenvalue weighted by atomic mass is 10.1. The zero-order valence-electron chi connectivity index (χ0n) is 14.0. The Balaban J connectivity index is 2.25. The van der Waals surface area contributed by atoms with Crippen LogP contribution in [-0.4, -0.2) is 66.9 Å². The molecule has 21 heavy (non-hydrogen) atoms. The number of carbonyl (C=O) groups is 1. The third-order valence-electron chi connectivity index (χ3n) is 4.00. The molecule has 1 rings (SSSR count). The molecule has 0 aromatic heterocycles. The van der Waals surface area contributed by atoms with Crippen molar-refractivity contribution in [2.24, 2.45) is 5.92 Å². The summed E-state index contributed by atoms with van der Waals surface area (Å²) >= 11 is 4.19. The fourth-order valence-corrected chi connectivity index (χ4v) is 2.85. The van der Waals surface area contributed by atoms with E-state index in [0.717, 1.165) is 38.6 Å². The van der Waals surface area contributed by atoms with Crippen LogP contribution in [0.2, 0.25) is 0 Å². The van der Waals surface area contributed by atoms with Crippen LogP contribution in [0, 0.1) is 5.92 Å². The van der Waals surface area contributed by atoms with E-state index in [4.69, 9.17) is 4.74 Å². The highest BCUT2D eigenvalue weighted by molar-refractivity contribution is 7.81. The molecule has 1 heterocycles. The third kappa shape index (κ3) is 7.52. The topological polar surface area (TPSA) is 32.8 Å². The van der Waals surface area contributed by atoms with E-state index in [2.05, 4.69) is 31.4 Å². The number of hydrogen-bond acceptors (Lipinski definition) is 4. The molecular weight excluding hydrogens is 284 g/mol. The van der Waals surface area contributed by atoms with Gasteiger partial charge in [-0.1, -0.05) is 13.8 Å². The smallest absolute Gasteiger partial charge is 0.234 e. The Morgan fingerprint density at radius 1 is 1.43 bits per heavy atom. The van der Waals surface area contributed by atoms with Crippen LogP contribution in [0.25, 0.3) is 0 Å². The number of ether oxygens (including phenoxy) is 1. The van der Waals surface area contributed by atoms with Crippen molar-refractivity contribution in [1.82, 2.24) is 9.80 Å². The van der Waals surface area contributed by atoms with E-state index in [0.29, 0.717) is 0 Å². The van der Waals surface area contributed by atoms with Crippen LogP contribution in [0.5, 0.6) is 0 Å². The third-order valence-corrected chi connectivity index (χ3v) is 4.22. The SMILES string of the molecule is CC(C)CCCN1CCO[C@H](CCN(C)C(=O)C(C)S)C1. The first-order chi connectivity index (χ1) is 9.90. The van der Waals surface area contributed by atoms with Gasteiger partial charge in [0.2, 0.25) is 5.91 Å². The lowest BCUT2D eigenvalue weighted by Crippen LogP contribution is -2.44. The van der Waals surface area contributed by atoms with Crippen LogP contribution in [-0.2, 0) is 9.53 Å². The first kappa shape index (κ1) is 18.8. The van der Waals surface area contributed by atoms with Gasteiger partial charge >= 0.3 is 0 Å². The second-order valence-electron chi connectivity index (χ2n) is 6.55. The molecule has 4 nitrogen and oxygen atoms in total. The summed E-state index contributed by atoms with van der Waals surface area (Å²) in [4.78, 5) is 16.0. The molecule has 0 aliphatic carbocycles. The minimum absolute atomic E-state index is 0.0860. The minimum atomic E-state index is -0.227. The Labute approximate surface area is 135 Å². The average molecular weight is 317 g/mol. The summed E-state index contributed by atoms with van der Waals surface area (Å²) in [5, 5.41) is -0.227. The van der Waals surface area contributed by atoms with Crippen LogP contribution in [0.3, 0.4) is 0 Å². The summed E-state index contributed by atoms with van der Waals surface area (Å²) in [6.07, 6.45) is 3.71. The first-order valence-electron chi connectivity index (χ1n) is 8.17. The molecular formula is C16H32N2O2S. The summed E-state index contributed by atoms with van der Waals surface area (Å²) in [5.41, 5.74) is 0. The van der Waals surface area contributed by atoms with Crippen molar-refractivity contribution in [2.45, 2.75) is 51.4 Å². The van der Waals surface area contributed by atoms with Gasteiger partial charge in [-0.05, 0) is 38.6 Å². The number of morpholine rings is 1. The van der Waals surface area contributed by atoms with E-state index < -0.39 is 0 Å². The molecule has 1 aliphatic heterocycles. The molecule has 0 saturated carbocycles. The number of thiol groups is 1. The predicted molar refractivity (Wildman–Crippen MR) is 91.0 cm³/mol. The van der Waals surface area contributed by atoms with Crippen molar-refractivity contribution in [3.05, 3.63) is 0 Å². The number of rotatable bonds is 8. The molecule has 2 atom stereocenters. The van der Waals surface area contributed by atoms with Gasteiger partial charge in [-0.15, -0.1) is 0 Å². The van der Waals surface area contributed by atoms with Crippen molar-refractivity contribution in [3.63, 3.8) is 0 Å². The van der Waals surface area contributed by atoms with Gasteiger partial charge in [-0.3, -0.25) is 9.69 Å². The maximum atomic E-state index is 11.8. The highest BCUT2D eigenvalue weighted by Gasteiger charge is 2.21. The van der Waals surface area contributed by atoms with Gasteiger partial charge < -0.3 is 9.64 Å². The van der Waals surface area contributed by atoms with Gasteiger partial charge in [0.15, 0.2) is 0 Å². The molecule has 0 bridgehead atoms. The van der Waals surface area contributed by atoms with E-state index in [1.54, 1.807) is 4.90 Å². The molecule has 1 unspecified atom stereocenters. The second-order valence-corrected chi connectivity index (χ2v) is 7.33. The van der Waals surface area contributed by atoms with Gasteiger partial charge in [0.25, 0.3) is 0 Å². The van der Waals surface area contributed by atoms with Crippen molar-refractivity contribution in [2.75, 3.05) is 39.8 Å². The number of hydrogen-bond donors (Lipinski definition) is 1. The summed E-state index contributed by atoms with van der Waals surface area (Å²) in [6.45, 7) is 11.1. The minimum Gasteiger partial charge on any atom is -0.375 e. The molecule has 0 aromatic carbocycles. The van der Waals surface area contributed by atoms with E-state index in [1.165, 1.54) is 19.4 Å². The normalized spacial score (nSPS) is 21.5. The van der Waals surface area contributed by atoms with E-state index in [1.807, 2.05) is 14.0 Å². The Bertz CT molecular complexity index is 311. The molecule has 1 saturated heterocycles. The summed E-state index contributed by atoms with van der Waals surface area (Å²) < 4.78 is 5.83. The summed E-state index contributed by atoms with van der Waals surface area (Å²) in [5.74, 6) is 0.868. The summed E-state index contributed by atoms with van der Waals surface area (Å²) in [7, 11) is 1.85. The maximum Gasteiger partial charge on any atom is 0.234 e. The van der Waals surface area contributed by atoms with Crippen molar-refractivity contribution in [3.8, 4) is 0 Å². The molecule has 1 amide bonds. The van der Waals surface area contributed by atoms with Gasteiger partial charge in [-0.25, -0.2) is 0 Å². The standard InChI is InChI=1S/C16H32N2O2S/c1-13(2)6-5-8-18-10-11-20-15(12-18)7-9-17(4)16(19)14(3)21/h13-15,21H,5-12H2,1-4H3/t14?,15-/m1/s1. The van der Waals surface area contributed by atoms with Crippen molar-refractivity contribution in [1.29, 1.82) is 0 Å². The first-order valence-corrected chi connectivity index (χ1v) is 8.68. The molecule has 1 fully saturated rings. The van der Waals surface area contributed by atoms with Gasteiger partial charge in [0.05, 0.1) is 18.0 Å². The molecule has 124 valence electrons. The van der Waals surface area contributed by atoms with Gasteiger partial charge in [-0.2, -0.15) is 12.6 Å². The molecule has 5 heteroatoms.